The predicted octanol–water partition coefficient (Wildman–Crippen LogP) is 3.09. The number of carbonyl (C=O) groups excluding carboxylic acids is 1. The van der Waals surface area contributed by atoms with E-state index >= 15 is 0 Å². The third-order valence-electron chi connectivity index (χ3n) is 6.20. The molecule has 1 saturated heterocycles. The molecule has 13 heteroatoms. The van der Waals surface area contributed by atoms with E-state index in [-0.39, 0.29) is 28.3 Å². The highest BCUT2D eigenvalue weighted by molar-refractivity contribution is 6.03. The monoisotopic (exact) mass is 539 g/mol. The van der Waals surface area contributed by atoms with E-state index in [1.165, 1.54) is 53.6 Å². The molecule has 4 aromatic rings. The van der Waals surface area contributed by atoms with Crippen LogP contribution in [0.25, 0.3) is 16.9 Å². The van der Waals surface area contributed by atoms with Gasteiger partial charge in [0.1, 0.15) is 11.5 Å². The first-order valence-corrected chi connectivity index (χ1v) is 12.1. The number of nitrogens with one attached hydrogen (secondary N) is 1. The van der Waals surface area contributed by atoms with E-state index in [1.54, 1.807) is 12.1 Å². The van der Waals surface area contributed by atoms with Gasteiger partial charge in [0, 0.05) is 56.4 Å². The largest absolute Gasteiger partial charge is 0.433 e. The summed E-state index contributed by atoms with van der Waals surface area (Å²) in [5, 5.41) is 6.72. The Labute approximate surface area is 220 Å². The van der Waals surface area contributed by atoms with E-state index < -0.39 is 17.8 Å². The minimum Gasteiger partial charge on any atom is -0.379 e. The Hall–Kier alpha value is -4.36. The van der Waals surface area contributed by atoms with Crippen molar-refractivity contribution in [2.75, 3.05) is 38.2 Å². The molecule has 0 saturated carbocycles. The van der Waals surface area contributed by atoms with E-state index in [2.05, 4.69) is 25.3 Å². The first kappa shape index (κ1) is 26.3. The Morgan fingerprint density at radius 2 is 1.87 bits per heavy atom. The van der Waals surface area contributed by atoms with Crippen molar-refractivity contribution in [2.24, 2.45) is 0 Å². The van der Waals surface area contributed by atoms with Gasteiger partial charge in [0.05, 0.1) is 36.4 Å². The van der Waals surface area contributed by atoms with Crippen molar-refractivity contribution < 1.29 is 22.7 Å². The fourth-order valence-electron chi connectivity index (χ4n) is 4.12. The predicted molar refractivity (Wildman–Crippen MR) is 136 cm³/mol. The smallest absolute Gasteiger partial charge is 0.379 e. The van der Waals surface area contributed by atoms with Gasteiger partial charge in [0.2, 0.25) is 0 Å². The number of rotatable bonds is 7. The quantitative estimate of drug-likeness (QED) is 0.385. The third kappa shape index (κ3) is 6.21. The van der Waals surface area contributed by atoms with Gasteiger partial charge in [-0.3, -0.25) is 19.5 Å². The van der Waals surface area contributed by atoms with Crippen molar-refractivity contribution in [3.05, 3.63) is 88.9 Å². The van der Waals surface area contributed by atoms with Gasteiger partial charge in [0.25, 0.3) is 11.5 Å². The van der Waals surface area contributed by atoms with Crippen molar-refractivity contribution in [3.8, 4) is 16.9 Å². The summed E-state index contributed by atoms with van der Waals surface area (Å²) in [6, 6.07) is 9.66. The van der Waals surface area contributed by atoms with Gasteiger partial charge in [0.15, 0.2) is 0 Å². The molecule has 1 N–H and O–H groups in total. The lowest BCUT2D eigenvalue weighted by Gasteiger charge is -2.26. The van der Waals surface area contributed by atoms with Crippen LogP contribution in [0.15, 0.2) is 72.0 Å². The fraction of sp³-hybridized carbons (Fsp3) is 0.269. The van der Waals surface area contributed by atoms with Crippen molar-refractivity contribution in [1.82, 2.24) is 29.2 Å². The SMILES string of the molecule is O=C(Nc1ccc(-n2nc(-c3cccnc3)cc2C(F)(F)F)cn1)c1ccc(=O)n(CCN2CCOCC2)c1. The summed E-state index contributed by atoms with van der Waals surface area (Å²) >= 11 is 0. The summed E-state index contributed by atoms with van der Waals surface area (Å²) in [6.45, 7) is 3.92. The van der Waals surface area contributed by atoms with E-state index in [1.807, 2.05) is 0 Å². The Morgan fingerprint density at radius 3 is 2.56 bits per heavy atom. The maximum absolute atomic E-state index is 13.7. The Bertz CT molecular complexity index is 1500. The molecule has 1 amide bonds. The Kier molecular flexibility index (Phi) is 7.52. The minimum atomic E-state index is -4.66. The number of ether oxygens (including phenoxy) is 1. The molecule has 5 heterocycles. The fourth-order valence-corrected chi connectivity index (χ4v) is 4.12. The van der Waals surface area contributed by atoms with Crippen LogP contribution in [0, 0.1) is 0 Å². The molecule has 0 unspecified atom stereocenters. The first-order valence-electron chi connectivity index (χ1n) is 12.1. The summed E-state index contributed by atoms with van der Waals surface area (Å²) in [7, 11) is 0. The molecule has 0 radical (unpaired) electrons. The maximum Gasteiger partial charge on any atom is 0.433 e. The zero-order valence-corrected chi connectivity index (χ0v) is 20.6. The molecule has 0 aliphatic carbocycles. The summed E-state index contributed by atoms with van der Waals surface area (Å²) in [6.07, 6.45) is 0.947. The Balaban J connectivity index is 1.31. The van der Waals surface area contributed by atoms with Crippen LogP contribution in [0.4, 0.5) is 19.0 Å². The topological polar surface area (TPSA) is 107 Å². The molecule has 1 fully saturated rings. The molecule has 1 aliphatic rings. The number of hydrogen-bond donors (Lipinski definition) is 1. The number of halogens is 3. The standard InChI is InChI=1S/C26H24F3N7O3/c27-26(28,29)22-14-21(18-2-1-7-30-15-18)33-36(22)20-4-5-23(31-16-20)32-25(38)19-3-6-24(37)35(17-19)9-8-34-10-12-39-13-11-34/h1-7,14-17H,8-13H2,(H,31,32,38). The molecule has 0 bridgehead atoms. The Morgan fingerprint density at radius 1 is 1.05 bits per heavy atom. The highest BCUT2D eigenvalue weighted by atomic mass is 19.4. The molecule has 202 valence electrons. The third-order valence-corrected chi connectivity index (χ3v) is 6.20. The van der Waals surface area contributed by atoms with Crippen molar-refractivity contribution >= 4 is 11.7 Å². The van der Waals surface area contributed by atoms with Crippen LogP contribution < -0.4 is 10.9 Å². The van der Waals surface area contributed by atoms with Crippen molar-refractivity contribution in [2.45, 2.75) is 12.7 Å². The van der Waals surface area contributed by atoms with Gasteiger partial charge in [-0.15, -0.1) is 0 Å². The number of morpholine rings is 1. The maximum atomic E-state index is 13.7. The van der Waals surface area contributed by atoms with Crippen LogP contribution in [0.1, 0.15) is 16.1 Å². The highest BCUT2D eigenvalue weighted by Crippen LogP contribution is 2.34. The number of aromatic nitrogens is 5. The molecule has 10 nitrogen and oxygen atoms in total. The second-order valence-electron chi connectivity index (χ2n) is 8.83. The average Bonchev–Trinajstić information content (AvgIpc) is 3.41. The molecule has 0 aromatic carbocycles. The van der Waals surface area contributed by atoms with Gasteiger partial charge in [-0.2, -0.15) is 18.3 Å². The zero-order chi connectivity index (χ0) is 27.4. The lowest BCUT2D eigenvalue weighted by Crippen LogP contribution is -2.39. The molecular formula is C26H24F3N7O3. The summed E-state index contributed by atoms with van der Waals surface area (Å²) in [5.41, 5.74) is -0.351. The van der Waals surface area contributed by atoms with Gasteiger partial charge in [-0.1, -0.05) is 0 Å². The molecule has 5 rings (SSSR count). The van der Waals surface area contributed by atoms with E-state index in [9.17, 15) is 22.8 Å². The first-order chi connectivity index (χ1) is 18.8. The molecule has 0 spiro atoms. The number of anilines is 1. The molecular weight excluding hydrogens is 515 g/mol. The van der Waals surface area contributed by atoms with Crippen LogP contribution in [0.5, 0.6) is 0 Å². The minimum absolute atomic E-state index is 0.0622. The second kappa shape index (κ2) is 11.2. The number of carbonyl (C=O) groups is 1. The number of pyridine rings is 3. The molecule has 0 atom stereocenters. The summed E-state index contributed by atoms with van der Waals surface area (Å²) in [5.74, 6) is -0.382. The van der Waals surface area contributed by atoms with E-state index in [4.69, 9.17) is 4.74 Å². The van der Waals surface area contributed by atoms with Gasteiger partial charge in [-0.05, 0) is 36.4 Å². The molecule has 1 aliphatic heterocycles. The van der Waals surface area contributed by atoms with Gasteiger partial charge < -0.3 is 14.6 Å². The van der Waals surface area contributed by atoms with Crippen molar-refractivity contribution in [1.29, 1.82) is 0 Å². The average molecular weight is 540 g/mol. The summed E-state index contributed by atoms with van der Waals surface area (Å²) in [4.78, 5) is 35.3. The lowest BCUT2D eigenvalue weighted by molar-refractivity contribution is -0.142. The van der Waals surface area contributed by atoms with Gasteiger partial charge >= 0.3 is 6.18 Å². The van der Waals surface area contributed by atoms with Crippen LogP contribution in [-0.2, 0) is 17.5 Å². The highest BCUT2D eigenvalue weighted by Gasteiger charge is 2.36. The molecule has 4 aromatic heterocycles. The number of amides is 1. The zero-order valence-electron chi connectivity index (χ0n) is 20.6. The summed E-state index contributed by atoms with van der Waals surface area (Å²) < 4.78 is 48.8. The van der Waals surface area contributed by atoms with E-state index in [0.29, 0.717) is 31.9 Å². The lowest BCUT2D eigenvalue weighted by atomic mass is 10.2. The van der Waals surface area contributed by atoms with E-state index in [0.717, 1.165) is 23.8 Å². The second-order valence-corrected chi connectivity index (χ2v) is 8.83. The van der Waals surface area contributed by atoms with Crippen molar-refractivity contribution in [3.63, 3.8) is 0 Å². The van der Waals surface area contributed by atoms with Crippen LogP contribution >= 0.6 is 0 Å². The van der Waals surface area contributed by atoms with Crippen LogP contribution in [0.2, 0.25) is 0 Å². The van der Waals surface area contributed by atoms with Crippen LogP contribution in [0.3, 0.4) is 0 Å². The normalized spacial score (nSPS) is 14.3. The molecule has 39 heavy (non-hydrogen) atoms. The number of hydrogen-bond acceptors (Lipinski definition) is 7. The number of alkyl halides is 3. The number of nitrogens with zero attached hydrogens (tertiary/aromatic N) is 6. The van der Waals surface area contributed by atoms with Gasteiger partial charge in [-0.25, -0.2) is 9.67 Å². The van der Waals surface area contributed by atoms with Crippen LogP contribution in [-0.4, -0.2) is 68.0 Å².